The monoisotopic (exact) mass is 904 g/mol. The van der Waals surface area contributed by atoms with Gasteiger partial charge < -0.3 is 30.8 Å². The maximum Gasteiger partial charge on any atom is 0.177 e. The molecule has 0 spiro atoms. The van der Waals surface area contributed by atoms with E-state index in [4.69, 9.17) is 16.7 Å². The molecule has 0 atom stereocenters. The second-order valence-corrected chi connectivity index (χ2v) is 18.9. The first-order valence-electron chi connectivity index (χ1n) is 22.1. The Morgan fingerprint density at radius 2 is 1.02 bits per heavy atom. The third kappa shape index (κ3) is 9.55. The molecular weight excluding hydrogens is 855 g/mol. The molecule has 66 heavy (non-hydrogen) atoms. The fraction of sp³-hybridized carbons (Fsp3) is 0.280. The largest absolute Gasteiger partial charge is 0.389 e. The van der Waals surface area contributed by atoms with Crippen molar-refractivity contribution < 1.29 is 14.6 Å². The Kier molecular flexibility index (Phi) is 11.2. The van der Waals surface area contributed by atoms with Gasteiger partial charge in [0.1, 0.15) is 17.5 Å². The van der Waals surface area contributed by atoms with Crippen molar-refractivity contribution in [1.82, 2.24) is 49.1 Å². The molecule has 336 valence electrons. The van der Waals surface area contributed by atoms with Crippen molar-refractivity contribution in [3.63, 3.8) is 0 Å². The number of aliphatic hydroxyl groups is 2. The van der Waals surface area contributed by atoms with E-state index in [0.29, 0.717) is 47.1 Å². The molecule has 11 rings (SSSR count). The van der Waals surface area contributed by atoms with Crippen LogP contribution in [0.1, 0.15) is 76.9 Å². The van der Waals surface area contributed by atoms with Crippen LogP contribution in [0.4, 0.5) is 15.8 Å². The molecule has 16 heteroatoms. The highest BCUT2D eigenvalue weighted by Gasteiger charge is 2.28. The average molecular weight is 905 g/mol. The van der Waals surface area contributed by atoms with Crippen LogP contribution in [0.15, 0.2) is 110 Å². The predicted octanol–water partition coefficient (Wildman–Crippen LogP) is 10.2. The quantitative estimate of drug-likeness (QED) is 0.0651. The van der Waals surface area contributed by atoms with E-state index in [2.05, 4.69) is 69.9 Å². The van der Waals surface area contributed by atoms with Gasteiger partial charge in [0.05, 0.1) is 75.8 Å². The van der Waals surface area contributed by atoms with Gasteiger partial charge in [-0.2, -0.15) is 10.2 Å². The first-order chi connectivity index (χ1) is 31.7. The lowest BCUT2D eigenvalue weighted by Gasteiger charge is -2.19. The summed E-state index contributed by atoms with van der Waals surface area (Å²) in [6.45, 7) is 7.67. The number of halogens is 2. The van der Waals surface area contributed by atoms with Crippen molar-refractivity contribution in [2.45, 2.75) is 76.4 Å². The second kappa shape index (κ2) is 17.1. The van der Waals surface area contributed by atoms with Gasteiger partial charge in [-0.05, 0) is 94.8 Å². The molecule has 0 unspecified atom stereocenters. The van der Waals surface area contributed by atoms with Crippen molar-refractivity contribution in [3.05, 3.63) is 132 Å². The Bertz CT molecular complexity index is 3150. The van der Waals surface area contributed by atoms with Crippen LogP contribution in [0, 0.1) is 5.82 Å². The van der Waals surface area contributed by atoms with Crippen LogP contribution < -0.4 is 10.6 Å². The number of H-pyrrole nitrogens is 2. The Morgan fingerprint density at radius 3 is 1.47 bits per heavy atom. The van der Waals surface area contributed by atoms with E-state index < -0.39 is 11.2 Å². The third-order valence-corrected chi connectivity index (χ3v) is 11.8. The maximum absolute atomic E-state index is 13.5. The molecule has 2 fully saturated rings. The molecule has 0 saturated heterocycles. The number of nitrogens with zero attached hydrogens (tertiary/aromatic N) is 8. The molecule has 2 aliphatic carbocycles. The van der Waals surface area contributed by atoms with E-state index in [0.717, 1.165) is 73.6 Å². The van der Waals surface area contributed by atoms with Crippen LogP contribution in [0.25, 0.3) is 67.6 Å². The summed E-state index contributed by atoms with van der Waals surface area (Å²) >= 11 is 6.26. The van der Waals surface area contributed by atoms with E-state index in [-0.39, 0.29) is 5.82 Å². The molecule has 2 aliphatic rings. The van der Waals surface area contributed by atoms with Crippen LogP contribution >= 0.6 is 11.6 Å². The summed E-state index contributed by atoms with van der Waals surface area (Å²) in [4.78, 5) is 25.1. The Morgan fingerprint density at radius 1 is 0.591 bits per heavy atom. The molecule has 0 aliphatic heterocycles. The van der Waals surface area contributed by atoms with E-state index in [9.17, 15) is 14.6 Å². The zero-order chi connectivity index (χ0) is 45.7. The SMILES string of the molecule is CC(C)(O)CNc1cc(-c2ccc(F)cc2)nn2c(-c3ccc(-c4cnc(C5CC5)[nH]4)cc3)cnc12.CC(C)(O)CNc1cc(Cl)nn2c(-c3ccc(-c4cnc(C5CC5)[nH]4)cc3)cnc12. The highest BCUT2D eigenvalue weighted by atomic mass is 35.5. The minimum absolute atomic E-state index is 0.301. The van der Waals surface area contributed by atoms with E-state index >= 15 is 0 Å². The number of fused-ring (bicyclic) bond motifs is 2. The van der Waals surface area contributed by atoms with Gasteiger partial charge in [0.2, 0.25) is 0 Å². The van der Waals surface area contributed by atoms with Gasteiger partial charge in [-0.25, -0.2) is 33.4 Å². The fourth-order valence-electron chi connectivity index (χ4n) is 7.68. The van der Waals surface area contributed by atoms with Crippen molar-refractivity contribution in [3.8, 4) is 56.3 Å². The van der Waals surface area contributed by atoms with Gasteiger partial charge in [0, 0.05) is 47.7 Å². The molecule has 2 saturated carbocycles. The van der Waals surface area contributed by atoms with Crippen molar-refractivity contribution in [1.29, 1.82) is 0 Å². The van der Waals surface area contributed by atoms with Gasteiger partial charge >= 0.3 is 0 Å². The maximum atomic E-state index is 13.5. The summed E-state index contributed by atoms with van der Waals surface area (Å²) < 4.78 is 17.1. The van der Waals surface area contributed by atoms with E-state index in [1.807, 2.05) is 42.7 Å². The zero-order valence-electron chi connectivity index (χ0n) is 37.0. The van der Waals surface area contributed by atoms with Crippen molar-refractivity contribution in [2.24, 2.45) is 0 Å². The van der Waals surface area contributed by atoms with Gasteiger partial charge in [-0.15, -0.1) is 0 Å². The zero-order valence-corrected chi connectivity index (χ0v) is 37.8. The number of anilines is 2. The summed E-state index contributed by atoms with van der Waals surface area (Å²) in [5.74, 6) is 3.04. The van der Waals surface area contributed by atoms with Gasteiger partial charge in [-0.3, -0.25) is 0 Å². The summed E-state index contributed by atoms with van der Waals surface area (Å²) in [7, 11) is 0. The first-order valence-corrected chi connectivity index (χ1v) is 22.5. The molecular formula is C50H50ClFN12O2. The summed E-state index contributed by atoms with van der Waals surface area (Å²) in [5.41, 5.74) is 10.3. The van der Waals surface area contributed by atoms with Gasteiger partial charge in [0.15, 0.2) is 16.4 Å². The Balaban J connectivity index is 0.000000158. The summed E-state index contributed by atoms with van der Waals surface area (Å²) in [6, 6.07) is 26.3. The minimum atomic E-state index is -0.909. The standard InChI is InChI=1S/C28H27FN6O.C22H23ClN6O/c1-28(2,36)16-32-23-13-22(17-9-11-21(29)12-10-17)34-35-25(15-31-27(23)35)19-5-3-18(4-6-19)24-14-30-26(33-24)20-7-8-20;1-22(2,30)12-26-16-9-19(23)28-29-18(11-25-21(16)29)14-5-3-13(4-6-14)17-10-24-20(27-17)15-7-8-15/h3-6,9-15,20,32,36H,7-8,16H2,1-2H3,(H,30,33);3-6,9-11,15,26,30H,7-8,12H2,1-2H3,(H,24,27). The molecule has 0 radical (unpaired) electrons. The number of nitrogens with one attached hydrogen (secondary N) is 4. The second-order valence-electron chi connectivity index (χ2n) is 18.5. The minimum Gasteiger partial charge on any atom is -0.389 e. The number of aromatic amines is 2. The van der Waals surface area contributed by atoms with Crippen LogP contribution in [0.2, 0.25) is 5.15 Å². The van der Waals surface area contributed by atoms with Crippen molar-refractivity contribution >= 4 is 34.3 Å². The fourth-order valence-corrected chi connectivity index (χ4v) is 7.87. The van der Waals surface area contributed by atoms with Crippen molar-refractivity contribution in [2.75, 3.05) is 23.7 Å². The molecule has 9 aromatic rings. The molecule has 14 nitrogen and oxygen atoms in total. The van der Waals surface area contributed by atoms with Crippen LogP contribution in [-0.4, -0.2) is 83.6 Å². The Hall–Kier alpha value is -6.94. The lowest BCUT2D eigenvalue weighted by Crippen LogP contribution is -2.29. The third-order valence-electron chi connectivity index (χ3n) is 11.6. The molecule has 6 N–H and O–H groups in total. The number of rotatable bonds is 13. The first kappa shape index (κ1) is 43.0. The van der Waals surface area contributed by atoms with E-state index in [1.54, 1.807) is 67.3 Å². The topological polar surface area (TPSA) is 182 Å². The average Bonchev–Trinajstić information content (AvgIpc) is 4.09. The highest BCUT2D eigenvalue weighted by Crippen LogP contribution is 2.40. The van der Waals surface area contributed by atoms with Crippen LogP contribution in [-0.2, 0) is 0 Å². The highest BCUT2D eigenvalue weighted by molar-refractivity contribution is 6.29. The number of hydrogen-bond donors (Lipinski definition) is 6. The van der Waals surface area contributed by atoms with Gasteiger partial charge in [0.25, 0.3) is 0 Å². The number of imidazole rings is 4. The molecule has 0 amide bonds. The Labute approximate surface area is 385 Å². The number of hydrogen-bond acceptors (Lipinski definition) is 10. The molecule has 3 aromatic carbocycles. The smallest absolute Gasteiger partial charge is 0.177 e. The van der Waals surface area contributed by atoms with Crippen LogP contribution in [0.5, 0.6) is 0 Å². The summed E-state index contributed by atoms with van der Waals surface area (Å²) in [5, 5.41) is 36.4. The normalized spacial score (nSPS) is 14.1. The van der Waals surface area contributed by atoms with Crippen LogP contribution in [0.3, 0.4) is 0 Å². The van der Waals surface area contributed by atoms with Gasteiger partial charge in [-0.1, -0.05) is 60.1 Å². The molecule has 0 bridgehead atoms. The number of benzene rings is 3. The molecule has 6 aromatic heterocycles. The number of aromatic nitrogens is 10. The molecule has 6 heterocycles. The lowest BCUT2D eigenvalue weighted by molar-refractivity contribution is 0.0939. The lowest BCUT2D eigenvalue weighted by atomic mass is 10.1. The predicted molar refractivity (Wildman–Crippen MR) is 256 cm³/mol. The summed E-state index contributed by atoms with van der Waals surface area (Å²) in [6.07, 6.45) is 12.2. The van der Waals surface area contributed by atoms with E-state index in [1.165, 1.54) is 37.8 Å².